The summed E-state index contributed by atoms with van der Waals surface area (Å²) in [6.45, 7) is 6.29. The highest BCUT2D eigenvalue weighted by molar-refractivity contribution is 6.02. The molecule has 0 aromatic heterocycles. The number of imide groups is 1. The van der Waals surface area contributed by atoms with Gasteiger partial charge < -0.3 is 4.90 Å². The molecule has 0 spiro atoms. The highest BCUT2D eigenvalue weighted by Crippen LogP contribution is 2.43. The molecule has 24 heavy (non-hydrogen) atoms. The third-order valence-corrected chi connectivity index (χ3v) is 3.98. The topological polar surface area (TPSA) is 64.4 Å². The molecule has 1 heterocycles. The lowest BCUT2D eigenvalue weighted by Crippen LogP contribution is -2.66. The molecule has 0 N–H and O–H groups in total. The third kappa shape index (κ3) is 2.73. The van der Waals surface area contributed by atoms with Crippen LogP contribution in [0.2, 0.25) is 0 Å². The maximum atomic E-state index is 14.9. The second kappa shape index (κ2) is 6.19. The number of nitrogens with zero attached hydrogens (tertiary/aromatic N) is 3. The number of carbonyl (C=O) groups excluding carboxylic acids is 2. The molecule has 0 saturated carbocycles. The van der Waals surface area contributed by atoms with Gasteiger partial charge in [0.1, 0.15) is 6.04 Å². The third-order valence-electron chi connectivity index (χ3n) is 3.98. The number of amides is 3. The fourth-order valence-corrected chi connectivity index (χ4v) is 2.86. The zero-order valence-electron chi connectivity index (χ0n) is 14.0. The lowest BCUT2D eigenvalue weighted by molar-refractivity contribution is -0.176. The lowest BCUT2D eigenvalue weighted by atomic mass is 9.93. The normalized spacial score (nSPS) is 20.7. The monoisotopic (exact) mass is 335 g/mol. The number of nitriles is 1. The highest BCUT2D eigenvalue weighted by Gasteiger charge is 2.60. The quantitative estimate of drug-likeness (QED) is 0.851. The standard InChI is InChI=1S/C17H19F2N3O2/c1-10(2)21-14(13-7-5-12(9-20)6-8-13)17(18,19)15(23)22(11(3)4)16(21)24/h5-8,10-11,14H,1-4H3. The van der Waals surface area contributed by atoms with Crippen LogP contribution < -0.4 is 0 Å². The fraction of sp³-hybridized carbons (Fsp3) is 0.471. The molecule has 1 aromatic carbocycles. The number of hydrogen-bond donors (Lipinski definition) is 0. The zero-order valence-corrected chi connectivity index (χ0v) is 14.0. The van der Waals surface area contributed by atoms with Crippen LogP contribution in [0.1, 0.15) is 44.9 Å². The summed E-state index contributed by atoms with van der Waals surface area (Å²) in [5.41, 5.74) is 0.438. The Kier molecular flexibility index (Phi) is 4.61. The second-order valence-corrected chi connectivity index (χ2v) is 6.31. The van der Waals surface area contributed by atoms with Crippen molar-refractivity contribution in [2.24, 2.45) is 0 Å². The van der Waals surface area contributed by atoms with Gasteiger partial charge in [-0.1, -0.05) is 12.1 Å². The van der Waals surface area contributed by atoms with E-state index in [4.69, 9.17) is 5.26 Å². The molecular weight excluding hydrogens is 316 g/mol. The van der Waals surface area contributed by atoms with Crippen LogP contribution in [0.4, 0.5) is 13.6 Å². The molecule has 3 amide bonds. The van der Waals surface area contributed by atoms with Crippen molar-refractivity contribution in [3.8, 4) is 6.07 Å². The number of benzene rings is 1. The maximum absolute atomic E-state index is 14.9. The van der Waals surface area contributed by atoms with Crippen LogP contribution in [0, 0.1) is 11.3 Å². The Labute approximate surface area is 139 Å². The number of halogens is 2. The molecule has 0 aliphatic carbocycles. The van der Waals surface area contributed by atoms with Gasteiger partial charge in [-0.2, -0.15) is 14.0 Å². The van der Waals surface area contributed by atoms with Crippen LogP contribution in [-0.2, 0) is 4.79 Å². The van der Waals surface area contributed by atoms with E-state index in [0.29, 0.717) is 10.5 Å². The van der Waals surface area contributed by atoms with Crippen LogP contribution in [0.5, 0.6) is 0 Å². The van der Waals surface area contributed by atoms with Crippen LogP contribution in [0.15, 0.2) is 24.3 Å². The number of urea groups is 1. The molecule has 5 nitrogen and oxygen atoms in total. The molecule has 1 atom stereocenters. The number of carbonyl (C=O) groups is 2. The Bertz CT molecular complexity index is 693. The van der Waals surface area contributed by atoms with Gasteiger partial charge in [-0.25, -0.2) is 4.79 Å². The molecular formula is C17H19F2N3O2. The minimum absolute atomic E-state index is 0.123. The van der Waals surface area contributed by atoms with Crippen LogP contribution in [-0.4, -0.2) is 39.7 Å². The average molecular weight is 335 g/mol. The molecule has 1 aliphatic rings. The Morgan fingerprint density at radius 1 is 1.08 bits per heavy atom. The highest BCUT2D eigenvalue weighted by atomic mass is 19.3. The van der Waals surface area contributed by atoms with E-state index in [9.17, 15) is 18.4 Å². The van der Waals surface area contributed by atoms with Gasteiger partial charge in [-0.3, -0.25) is 9.69 Å². The molecule has 1 aliphatic heterocycles. The van der Waals surface area contributed by atoms with Crippen LogP contribution in [0.3, 0.4) is 0 Å². The van der Waals surface area contributed by atoms with E-state index in [1.165, 1.54) is 38.1 Å². The first-order valence-electron chi connectivity index (χ1n) is 7.66. The predicted molar refractivity (Wildman–Crippen MR) is 83.2 cm³/mol. The molecule has 2 rings (SSSR count). The van der Waals surface area contributed by atoms with Gasteiger partial charge in [0.05, 0.1) is 11.6 Å². The van der Waals surface area contributed by atoms with E-state index in [1.807, 2.05) is 6.07 Å². The van der Waals surface area contributed by atoms with Gasteiger partial charge in [-0.05, 0) is 45.4 Å². The van der Waals surface area contributed by atoms with Crippen LogP contribution >= 0.6 is 0 Å². The molecule has 1 saturated heterocycles. The smallest absolute Gasteiger partial charge is 0.308 e. The largest absolute Gasteiger partial charge is 0.349 e. The predicted octanol–water partition coefficient (Wildman–Crippen LogP) is 3.32. The van der Waals surface area contributed by atoms with Crippen molar-refractivity contribution in [2.75, 3.05) is 0 Å². The van der Waals surface area contributed by atoms with Crippen molar-refractivity contribution >= 4 is 11.9 Å². The van der Waals surface area contributed by atoms with Gasteiger partial charge in [0.2, 0.25) is 0 Å². The molecule has 1 aromatic rings. The average Bonchev–Trinajstić information content (AvgIpc) is 2.50. The van der Waals surface area contributed by atoms with Crippen molar-refractivity contribution in [1.82, 2.24) is 9.80 Å². The van der Waals surface area contributed by atoms with Gasteiger partial charge in [-0.15, -0.1) is 0 Å². The van der Waals surface area contributed by atoms with Crippen molar-refractivity contribution < 1.29 is 18.4 Å². The van der Waals surface area contributed by atoms with Gasteiger partial charge >= 0.3 is 17.9 Å². The minimum atomic E-state index is -3.75. The molecule has 0 radical (unpaired) electrons. The van der Waals surface area contributed by atoms with Crippen molar-refractivity contribution in [2.45, 2.75) is 51.7 Å². The molecule has 1 unspecified atom stereocenters. The fourth-order valence-electron chi connectivity index (χ4n) is 2.86. The Balaban J connectivity index is 2.59. The summed E-state index contributed by atoms with van der Waals surface area (Å²) < 4.78 is 29.7. The Hall–Kier alpha value is -2.49. The summed E-state index contributed by atoms with van der Waals surface area (Å²) >= 11 is 0. The van der Waals surface area contributed by atoms with E-state index >= 15 is 0 Å². The first-order valence-corrected chi connectivity index (χ1v) is 7.66. The van der Waals surface area contributed by atoms with Crippen molar-refractivity contribution in [3.63, 3.8) is 0 Å². The summed E-state index contributed by atoms with van der Waals surface area (Å²) in [5.74, 6) is -5.25. The Morgan fingerprint density at radius 3 is 2.04 bits per heavy atom. The van der Waals surface area contributed by atoms with Crippen molar-refractivity contribution in [3.05, 3.63) is 35.4 Å². The summed E-state index contributed by atoms with van der Waals surface area (Å²) in [7, 11) is 0. The molecule has 0 bridgehead atoms. The first-order chi connectivity index (χ1) is 11.1. The van der Waals surface area contributed by atoms with E-state index in [-0.39, 0.29) is 5.56 Å². The van der Waals surface area contributed by atoms with E-state index in [1.54, 1.807) is 13.8 Å². The second-order valence-electron chi connectivity index (χ2n) is 6.31. The van der Waals surface area contributed by atoms with Gasteiger partial charge in [0.15, 0.2) is 0 Å². The van der Waals surface area contributed by atoms with E-state index < -0.39 is 36.0 Å². The number of alkyl halides is 2. The van der Waals surface area contributed by atoms with Gasteiger partial charge in [0, 0.05) is 12.1 Å². The molecule has 128 valence electrons. The number of hydrogen-bond acceptors (Lipinski definition) is 3. The van der Waals surface area contributed by atoms with E-state index in [2.05, 4.69) is 0 Å². The minimum Gasteiger partial charge on any atom is -0.308 e. The molecule has 1 fully saturated rings. The van der Waals surface area contributed by atoms with Crippen molar-refractivity contribution in [1.29, 1.82) is 5.26 Å². The summed E-state index contributed by atoms with van der Waals surface area (Å²) in [6.07, 6.45) is 0. The Morgan fingerprint density at radius 2 is 1.62 bits per heavy atom. The maximum Gasteiger partial charge on any atom is 0.349 e. The van der Waals surface area contributed by atoms with E-state index in [0.717, 1.165) is 4.90 Å². The first kappa shape index (κ1) is 17.9. The summed E-state index contributed by atoms with van der Waals surface area (Å²) in [6, 6.07) is 3.80. The molecule has 7 heteroatoms. The summed E-state index contributed by atoms with van der Waals surface area (Å²) in [4.78, 5) is 26.6. The van der Waals surface area contributed by atoms with Gasteiger partial charge in [0.25, 0.3) is 0 Å². The van der Waals surface area contributed by atoms with Crippen LogP contribution in [0.25, 0.3) is 0 Å². The number of rotatable bonds is 3. The SMILES string of the molecule is CC(C)N1C(=O)N(C(C)C)C(c2ccc(C#N)cc2)C(F)(F)C1=O. The zero-order chi connectivity index (χ0) is 18.2. The lowest BCUT2D eigenvalue weighted by Gasteiger charge is -2.47. The summed E-state index contributed by atoms with van der Waals surface area (Å²) in [5, 5.41) is 8.84.